The SMILES string of the molecule is COC(=O)Cc1cccc(CN(CCCN2C(=N)C(=C(N)N)NC2=O)C(=O)CCS(C)(=O)=O)c1. The molecule has 13 heteroatoms. The number of hydrogen-bond acceptors (Lipinski definition) is 9. The summed E-state index contributed by atoms with van der Waals surface area (Å²) in [4.78, 5) is 39.1. The molecule has 186 valence electrons. The van der Waals surface area contributed by atoms with Gasteiger partial charge in [-0.2, -0.15) is 0 Å². The number of nitrogens with zero attached hydrogens (tertiary/aromatic N) is 2. The zero-order chi connectivity index (χ0) is 25.5. The largest absolute Gasteiger partial charge is 0.469 e. The first-order valence-electron chi connectivity index (χ1n) is 10.4. The summed E-state index contributed by atoms with van der Waals surface area (Å²) >= 11 is 0. The predicted octanol–water partition coefficient (Wildman–Crippen LogP) is -0.356. The van der Waals surface area contributed by atoms with Crippen LogP contribution in [0.15, 0.2) is 35.8 Å². The van der Waals surface area contributed by atoms with E-state index in [4.69, 9.17) is 16.9 Å². The third kappa shape index (κ3) is 7.76. The summed E-state index contributed by atoms with van der Waals surface area (Å²) in [6.07, 6.45) is 1.28. The minimum atomic E-state index is -3.33. The van der Waals surface area contributed by atoms with Crippen LogP contribution in [0, 0.1) is 5.41 Å². The molecule has 1 aliphatic heterocycles. The molecule has 3 amide bonds. The Kier molecular flexibility index (Phi) is 9.01. The van der Waals surface area contributed by atoms with Crippen LogP contribution in [0.4, 0.5) is 4.79 Å². The smallest absolute Gasteiger partial charge is 0.327 e. The second-order valence-electron chi connectivity index (χ2n) is 7.88. The highest BCUT2D eigenvalue weighted by Gasteiger charge is 2.31. The predicted molar refractivity (Wildman–Crippen MR) is 125 cm³/mol. The summed E-state index contributed by atoms with van der Waals surface area (Å²) in [5, 5.41) is 10.5. The van der Waals surface area contributed by atoms with E-state index in [1.54, 1.807) is 24.3 Å². The van der Waals surface area contributed by atoms with Crippen molar-refractivity contribution >= 4 is 33.6 Å². The van der Waals surface area contributed by atoms with Crippen LogP contribution in [0.5, 0.6) is 0 Å². The Morgan fingerprint density at radius 3 is 2.50 bits per heavy atom. The van der Waals surface area contributed by atoms with Crippen molar-refractivity contribution in [1.29, 1.82) is 5.41 Å². The number of carbonyl (C=O) groups excluding carboxylic acids is 3. The van der Waals surface area contributed by atoms with Gasteiger partial charge in [-0.25, -0.2) is 13.2 Å². The molecule has 1 aromatic carbocycles. The van der Waals surface area contributed by atoms with Gasteiger partial charge in [0.25, 0.3) is 0 Å². The highest BCUT2D eigenvalue weighted by Crippen LogP contribution is 2.14. The summed E-state index contributed by atoms with van der Waals surface area (Å²) < 4.78 is 27.7. The van der Waals surface area contributed by atoms with E-state index in [1.807, 2.05) is 0 Å². The molecule has 0 atom stereocenters. The molecule has 0 spiro atoms. The van der Waals surface area contributed by atoms with Gasteiger partial charge in [0, 0.05) is 32.3 Å². The van der Waals surface area contributed by atoms with Gasteiger partial charge in [0.2, 0.25) is 5.91 Å². The third-order valence-corrected chi connectivity index (χ3v) is 6.01. The highest BCUT2D eigenvalue weighted by molar-refractivity contribution is 7.90. The zero-order valence-electron chi connectivity index (χ0n) is 19.2. The Balaban J connectivity index is 2.11. The van der Waals surface area contributed by atoms with Crippen molar-refractivity contribution in [3.8, 4) is 0 Å². The summed E-state index contributed by atoms with van der Waals surface area (Å²) in [6, 6.07) is 6.55. The number of ether oxygens (including phenoxy) is 1. The molecule has 1 heterocycles. The molecule has 1 fully saturated rings. The summed E-state index contributed by atoms with van der Waals surface area (Å²) in [5.74, 6) is -1.37. The van der Waals surface area contributed by atoms with E-state index in [1.165, 1.54) is 12.0 Å². The van der Waals surface area contributed by atoms with E-state index in [0.29, 0.717) is 12.0 Å². The topological polar surface area (TPSA) is 189 Å². The summed E-state index contributed by atoms with van der Waals surface area (Å²) in [6.45, 7) is 0.514. The highest BCUT2D eigenvalue weighted by atomic mass is 32.2. The molecular weight excluding hydrogens is 464 g/mol. The van der Waals surface area contributed by atoms with Crippen LogP contribution in [-0.4, -0.2) is 74.2 Å². The molecule has 1 aliphatic rings. The molecule has 12 nitrogen and oxygen atoms in total. The van der Waals surface area contributed by atoms with Gasteiger partial charge in [0.15, 0.2) is 5.84 Å². The van der Waals surface area contributed by atoms with Crippen LogP contribution in [0.3, 0.4) is 0 Å². The number of amidine groups is 1. The first-order valence-corrected chi connectivity index (χ1v) is 12.5. The lowest BCUT2D eigenvalue weighted by molar-refractivity contribution is -0.139. The first kappa shape index (κ1) is 26.6. The van der Waals surface area contributed by atoms with Crippen molar-refractivity contribution in [2.75, 3.05) is 32.2 Å². The fourth-order valence-corrected chi connectivity index (χ4v) is 3.88. The van der Waals surface area contributed by atoms with E-state index in [2.05, 4.69) is 10.1 Å². The number of benzene rings is 1. The van der Waals surface area contributed by atoms with Crippen molar-refractivity contribution in [3.63, 3.8) is 0 Å². The molecule has 6 N–H and O–H groups in total. The average Bonchev–Trinajstić information content (AvgIpc) is 3.05. The lowest BCUT2D eigenvalue weighted by Crippen LogP contribution is -2.36. The molecule has 0 saturated carbocycles. The number of carbonyl (C=O) groups is 3. The van der Waals surface area contributed by atoms with Gasteiger partial charge in [-0.1, -0.05) is 24.3 Å². The third-order valence-electron chi connectivity index (χ3n) is 5.06. The van der Waals surface area contributed by atoms with Crippen LogP contribution < -0.4 is 16.8 Å². The number of sulfone groups is 1. The van der Waals surface area contributed by atoms with Gasteiger partial charge in [0.1, 0.15) is 21.4 Å². The van der Waals surface area contributed by atoms with Crippen molar-refractivity contribution in [3.05, 3.63) is 46.9 Å². The van der Waals surface area contributed by atoms with Crippen molar-refractivity contribution < 1.29 is 27.5 Å². The maximum Gasteiger partial charge on any atom is 0.327 e. The molecule has 2 rings (SSSR count). The second kappa shape index (κ2) is 11.5. The van der Waals surface area contributed by atoms with Crippen LogP contribution >= 0.6 is 0 Å². The van der Waals surface area contributed by atoms with E-state index in [0.717, 1.165) is 16.7 Å². The van der Waals surface area contributed by atoms with Gasteiger partial charge in [-0.15, -0.1) is 0 Å². The number of nitrogens with one attached hydrogen (secondary N) is 2. The maximum atomic E-state index is 12.8. The van der Waals surface area contributed by atoms with E-state index >= 15 is 0 Å². The number of hydrogen-bond donors (Lipinski definition) is 4. The normalized spacial score (nSPS) is 13.6. The minimum absolute atomic E-state index is 0.0357. The van der Waals surface area contributed by atoms with Crippen LogP contribution in [0.2, 0.25) is 0 Å². The first-order chi connectivity index (χ1) is 15.9. The van der Waals surface area contributed by atoms with Gasteiger partial charge in [-0.3, -0.25) is 19.9 Å². The molecule has 1 saturated heterocycles. The van der Waals surface area contributed by atoms with Crippen LogP contribution in [0.1, 0.15) is 24.0 Å². The van der Waals surface area contributed by atoms with Crippen LogP contribution in [-0.2, 0) is 37.1 Å². The Morgan fingerprint density at radius 1 is 1.24 bits per heavy atom. The standard InChI is InChI=1S/C21H30N6O6S/c1-33-17(29)12-14-5-3-6-15(11-14)13-26(16(28)7-10-34(2,31)32)8-4-9-27-20(24)18(19(22)23)25-21(27)30/h3,5-6,11,24H,4,7-10,12-13,22-23H2,1-2H3,(H,25,30). The Labute approximate surface area is 198 Å². The van der Waals surface area contributed by atoms with Crippen molar-refractivity contribution in [2.24, 2.45) is 11.5 Å². The number of amides is 3. The molecule has 0 aliphatic carbocycles. The Bertz CT molecular complexity index is 1100. The van der Waals surface area contributed by atoms with Crippen molar-refractivity contribution in [2.45, 2.75) is 25.8 Å². The average molecular weight is 495 g/mol. The zero-order valence-corrected chi connectivity index (χ0v) is 20.0. The molecule has 0 bridgehead atoms. The van der Waals surface area contributed by atoms with Gasteiger partial charge >= 0.3 is 12.0 Å². The number of methoxy groups -OCH3 is 1. The molecule has 0 aromatic heterocycles. The van der Waals surface area contributed by atoms with Crippen molar-refractivity contribution in [1.82, 2.24) is 15.1 Å². The number of rotatable bonds is 11. The molecular formula is C21H30N6O6S. The van der Waals surface area contributed by atoms with Gasteiger partial charge in [0.05, 0.1) is 19.3 Å². The van der Waals surface area contributed by atoms with E-state index in [9.17, 15) is 22.8 Å². The van der Waals surface area contributed by atoms with E-state index < -0.39 is 21.8 Å². The second-order valence-corrected chi connectivity index (χ2v) is 10.1. The fourth-order valence-electron chi connectivity index (χ4n) is 3.33. The van der Waals surface area contributed by atoms with Gasteiger partial charge < -0.3 is 26.4 Å². The molecule has 1 aromatic rings. The van der Waals surface area contributed by atoms with Crippen LogP contribution in [0.25, 0.3) is 0 Å². The number of urea groups is 1. The fraction of sp³-hybridized carbons (Fsp3) is 0.429. The molecule has 0 unspecified atom stereocenters. The number of nitrogens with two attached hydrogens (primary N) is 2. The molecule has 0 radical (unpaired) electrons. The Hall–Kier alpha value is -3.61. The quantitative estimate of drug-likeness (QED) is 0.300. The minimum Gasteiger partial charge on any atom is -0.469 e. The lowest BCUT2D eigenvalue weighted by atomic mass is 10.1. The summed E-state index contributed by atoms with van der Waals surface area (Å²) in [5.41, 5.74) is 12.5. The number of esters is 1. The van der Waals surface area contributed by atoms with E-state index in [-0.39, 0.29) is 61.5 Å². The summed E-state index contributed by atoms with van der Waals surface area (Å²) in [7, 11) is -2.03. The lowest BCUT2D eigenvalue weighted by Gasteiger charge is -2.24. The monoisotopic (exact) mass is 494 g/mol. The van der Waals surface area contributed by atoms with Gasteiger partial charge in [-0.05, 0) is 17.5 Å². The maximum absolute atomic E-state index is 12.8. The molecule has 34 heavy (non-hydrogen) atoms. The Morgan fingerprint density at radius 2 is 1.91 bits per heavy atom.